The third kappa shape index (κ3) is 5.44. The molecule has 1 rings (SSSR count). The van der Waals surface area contributed by atoms with E-state index in [1.165, 1.54) is 28.6 Å². The van der Waals surface area contributed by atoms with Crippen molar-refractivity contribution in [2.75, 3.05) is 11.0 Å². The van der Waals surface area contributed by atoms with Gasteiger partial charge in [-0.1, -0.05) is 35.4 Å². The maximum Gasteiger partial charge on any atom is 0.250 e. The summed E-state index contributed by atoms with van der Waals surface area (Å²) in [6.45, 7) is 2.42. The van der Waals surface area contributed by atoms with Crippen LogP contribution in [-0.2, 0) is 10.0 Å². The standard InChI is InChI=1S/C11H17BrINO2S2/c1-9-8-10(17-11(9)12)18(15,16)14-7-5-3-2-4-6-13/h8,14H,2-7H2,1H3. The monoisotopic (exact) mass is 465 g/mol. The van der Waals surface area contributed by atoms with Crippen LogP contribution >= 0.6 is 49.9 Å². The summed E-state index contributed by atoms with van der Waals surface area (Å²) in [5, 5.41) is 0. The smallest absolute Gasteiger partial charge is 0.210 e. The lowest BCUT2D eigenvalue weighted by atomic mass is 10.2. The van der Waals surface area contributed by atoms with Crippen molar-refractivity contribution in [2.24, 2.45) is 0 Å². The molecule has 7 heteroatoms. The summed E-state index contributed by atoms with van der Waals surface area (Å²) in [6.07, 6.45) is 4.37. The summed E-state index contributed by atoms with van der Waals surface area (Å²) >= 11 is 6.96. The minimum Gasteiger partial charge on any atom is -0.210 e. The fourth-order valence-corrected chi connectivity index (χ4v) is 5.30. The molecule has 0 aliphatic carbocycles. The summed E-state index contributed by atoms with van der Waals surface area (Å²) < 4.78 is 29.0. The highest BCUT2D eigenvalue weighted by Crippen LogP contribution is 2.30. The van der Waals surface area contributed by atoms with E-state index in [9.17, 15) is 8.42 Å². The lowest BCUT2D eigenvalue weighted by molar-refractivity contribution is 0.576. The highest BCUT2D eigenvalue weighted by molar-refractivity contribution is 14.1. The highest BCUT2D eigenvalue weighted by atomic mass is 127. The van der Waals surface area contributed by atoms with Gasteiger partial charge in [-0.15, -0.1) is 11.3 Å². The normalized spacial score (nSPS) is 11.9. The molecule has 0 amide bonds. The zero-order chi connectivity index (χ0) is 13.6. The number of nitrogens with one attached hydrogen (secondary N) is 1. The van der Waals surface area contributed by atoms with E-state index in [1.807, 2.05) is 6.92 Å². The number of sulfonamides is 1. The predicted octanol–water partition coefficient (Wildman–Crippen LogP) is 4.09. The number of alkyl halides is 1. The van der Waals surface area contributed by atoms with Gasteiger partial charge in [0.1, 0.15) is 4.21 Å². The van der Waals surface area contributed by atoms with Crippen LogP contribution in [0.5, 0.6) is 0 Å². The van der Waals surface area contributed by atoms with Gasteiger partial charge in [0.2, 0.25) is 10.0 Å². The fourth-order valence-electron chi connectivity index (χ4n) is 1.41. The van der Waals surface area contributed by atoms with Crippen molar-refractivity contribution in [1.82, 2.24) is 4.72 Å². The molecular formula is C11H17BrINO2S2. The second kappa shape index (κ2) is 8.18. The molecule has 0 atom stereocenters. The number of hydrogen-bond donors (Lipinski definition) is 1. The van der Waals surface area contributed by atoms with Crippen LogP contribution in [0.4, 0.5) is 0 Å². The van der Waals surface area contributed by atoms with Crippen LogP contribution in [0.1, 0.15) is 31.2 Å². The molecular weight excluding hydrogens is 449 g/mol. The minimum atomic E-state index is -3.32. The lowest BCUT2D eigenvalue weighted by Gasteiger charge is -2.04. The van der Waals surface area contributed by atoms with Crippen LogP contribution in [0.3, 0.4) is 0 Å². The van der Waals surface area contributed by atoms with Crippen molar-refractivity contribution in [3.05, 3.63) is 15.4 Å². The number of unbranched alkanes of at least 4 members (excludes halogenated alkanes) is 3. The Kier molecular flexibility index (Phi) is 7.67. The Bertz CT molecular complexity index is 454. The molecule has 0 radical (unpaired) electrons. The second-order valence-electron chi connectivity index (χ2n) is 4.02. The SMILES string of the molecule is Cc1cc(S(=O)(=O)NCCCCCCI)sc1Br. The lowest BCUT2D eigenvalue weighted by Crippen LogP contribution is -2.23. The van der Waals surface area contributed by atoms with E-state index in [2.05, 4.69) is 43.2 Å². The summed E-state index contributed by atoms with van der Waals surface area (Å²) in [5.41, 5.74) is 0.961. The van der Waals surface area contributed by atoms with Crippen LogP contribution in [0.25, 0.3) is 0 Å². The van der Waals surface area contributed by atoms with Crippen LogP contribution in [0.15, 0.2) is 14.1 Å². The van der Waals surface area contributed by atoms with E-state index in [0.29, 0.717) is 10.8 Å². The van der Waals surface area contributed by atoms with E-state index >= 15 is 0 Å². The Morgan fingerprint density at radius 3 is 2.56 bits per heavy atom. The molecule has 3 nitrogen and oxygen atoms in total. The van der Waals surface area contributed by atoms with Gasteiger partial charge in [0.15, 0.2) is 0 Å². The molecule has 0 unspecified atom stereocenters. The molecule has 0 fully saturated rings. The summed E-state index contributed by atoms with van der Waals surface area (Å²) in [6, 6.07) is 1.70. The first-order valence-electron chi connectivity index (χ1n) is 5.79. The van der Waals surface area contributed by atoms with Crippen molar-refractivity contribution in [3.8, 4) is 0 Å². The Hall–Kier alpha value is 0.820. The third-order valence-corrected chi connectivity index (χ3v) is 7.29. The van der Waals surface area contributed by atoms with E-state index < -0.39 is 10.0 Å². The zero-order valence-corrected chi connectivity index (χ0v) is 15.6. The number of aryl methyl sites for hydroxylation is 1. The third-order valence-electron chi connectivity index (χ3n) is 2.45. The first-order chi connectivity index (χ1) is 8.47. The zero-order valence-electron chi connectivity index (χ0n) is 10.2. The van der Waals surface area contributed by atoms with E-state index in [4.69, 9.17) is 0 Å². The molecule has 1 heterocycles. The van der Waals surface area contributed by atoms with Crippen molar-refractivity contribution in [3.63, 3.8) is 0 Å². The Morgan fingerprint density at radius 2 is 2.00 bits per heavy atom. The molecule has 0 aliphatic heterocycles. The van der Waals surface area contributed by atoms with Crippen LogP contribution < -0.4 is 4.72 Å². The molecule has 0 aliphatic rings. The fraction of sp³-hybridized carbons (Fsp3) is 0.636. The summed E-state index contributed by atoms with van der Waals surface area (Å²) in [7, 11) is -3.32. The van der Waals surface area contributed by atoms with Crippen LogP contribution in [-0.4, -0.2) is 19.4 Å². The molecule has 0 aromatic carbocycles. The number of thiophene rings is 1. The van der Waals surface area contributed by atoms with Gasteiger partial charge in [-0.05, 0) is 51.8 Å². The molecule has 1 aromatic rings. The largest absolute Gasteiger partial charge is 0.250 e. The molecule has 0 bridgehead atoms. The topological polar surface area (TPSA) is 46.2 Å². The van der Waals surface area contributed by atoms with Crippen LogP contribution in [0.2, 0.25) is 0 Å². The van der Waals surface area contributed by atoms with Crippen molar-refractivity contribution in [1.29, 1.82) is 0 Å². The average molecular weight is 466 g/mol. The second-order valence-corrected chi connectivity index (χ2v) is 9.47. The predicted molar refractivity (Wildman–Crippen MR) is 89.3 cm³/mol. The Morgan fingerprint density at radius 1 is 1.33 bits per heavy atom. The van der Waals surface area contributed by atoms with Gasteiger partial charge >= 0.3 is 0 Å². The first kappa shape index (κ1) is 16.9. The quantitative estimate of drug-likeness (QED) is 0.357. The van der Waals surface area contributed by atoms with Gasteiger partial charge in [-0.2, -0.15) is 0 Å². The molecule has 0 spiro atoms. The Balaban J connectivity index is 2.41. The van der Waals surface area contributed by atoms with E-state index in [1.54, 1.807) is 6.07 Å². The minimum absolute atomic E-state index is 0.388. The van der Waals surface area contributed by atoms with Crippen LogP contribution in [0, 0.1) is 6.92 Å². The number of halogens is 2. The van der Waals surface area contributed by atoms with Gasteiger partial charge in [-0.25, -0.2) is 13.1 Å². The molecule has 18 heavy (non-hydrogen) atoms. The highest BCUT2D eigenvalue weighted by Gasteiger charge is 2.17. The van der Waals surface area contributed by atoms with Gasteiger partial charge in [-0.3, -0.25) is 0 Å². The average Bonchev–Trinajstić information content (AvgIpc) is 2.65. The number of hydrogen-bond acceptors (Lipinski definition) is 3. The maximum absolute atomic E-state index is 12.0. The molecule has 0 saturated heterocycles. The van der Waals surface area contributed by atoms with E-state index in [-0.39, 0.29) is 0 Å². The van der Waals surface area contributed by atoms with Crippen molar-refractivity contribution in [2.45, 2.75) is 36.8 Å². The van der Waals surface area contributed by atoms with E-state index in [0.717, 1.165) is 22.2 Å². The molecule has 104 valence electrons. The van der Waals surface area contributed by atoms with Gasteiger partial charge in [0, 0.05) is 6.54 Å². The maximum atomic E-state index is 12.0. The summed E-state index contributed by atoms with van der Waals surface area (Å²) in [5.74, 6) is 0. The Labute approximate surface area is 135 Å². The molecule has 1 aromatic heterocycles. The molecule has 1 N–H and O–H groups in total. The van der Waals surface area contributed by atoms with Gasteiger partial charge in [0.25, 0.3) is 0 Å². The molecule has 0 saturated carbocycles. The van der Waals surface area contributed by atoms with Gasteiger partial charge < -0.3 is 0 Å². The van der Waals surface area contributed by atoms with Crippen molar-refractivity contribution < 1.29 is 8.42 Å². The summed E-state index contributed by atoms with van der Waals surface area (Å²) in [4.78, 5) is 0. The van der Waals surface area contributed by atoms with Gasteiger partial charge in [0.05, 0.1) is 3.79 Å². The number of rotatable bonds is 8. The van der Waals surface area contributed by atoms with Crippen molar-refractivity contribution >= 4 is 59.9 Å². The first-order valence-corrected chi connectivity index (χ1v) is 10.4.